The number of ether oxygens (including phenoxy) is 4. The number of hydrogen-bond acceptors (Lipinski definition) is 5. The molecular weight excluding hydrogens is 322 g/mol. The Morgan fingerprint density at radius 1 is 1.16 bits per heavy atom. The zero-order chi connectivity index (χ0) is 18.1. The summed E-state index contributed by atoms with van der Waals surface area (Å²) in [6.45, 7) is 4.80. The fourth-order valence-electron chi connectivity index (χ4n) is 2.75. The summed E-state index contributed by atoms with van der Waals surface area (Å²) in [6.07, 6.45) is 1.70. The van der Waals surface area contributed by atoms with Gasteiger partial charge < -0.3 is 29.6 Å². The molecule has 0 radical (unpaired) electrons. The minimum absolute atomic E-state index is 0.252. The molecule has 0 saturated carbocycles. The molecule has 1 heterocycles. The maximum absolute atomic E-state index is 5.75. The Hall–Kier alpha value is -1.99. The van der Waals surface area contributed by atoms with Crippen molar-refractivity contribution in [2.75, 3.05) is 52.9 Å². The first-order valence-corrected chi connectivity index (χ1v) is 8.56. The number of hydrogen-bond donors (Lipinski definition) is 2. The van der Waals surface area contributed by atoms with Gasteiger partial charge in [0.05, 0.1) is 26.4 Å². The summed E-state index contributed by atoms with van der Waals surface area (Å²) >= 11 is 0. The third-order valence-electron chi connectivity index (χ3n) is 4.35. The highest BCUT2D eigenvalue weighted by atomic mass is 16.5. The van der Waals surface area contributed by atoms with Crippen LogP contribution in [0.25, 0.3) is 0 Å². The van der Waals surface area contributed by atoms with Crippen molar-refractivity contribution in [2.24, 2.45) is 4.99 Å². The van der Waals surface area contributed by atoms with Crippen LogP contribution in [0.5, 0.6) is 11.5 Å². The van der Waals surface area contributed by atoms with Gasteiger partial charge in [0.2, 0.25) is 0 Å². The molecule has 0 spiro atoms. The number of nitrogens with one attached hydrogen (secondary N) is 2. The number of nitrogens with zero attached hydrogens (tertiary/aromatic N) is 1. The molecule has 1 saturated heterocycles. The predicted molar refractivity (Wildman–Crippen MR) is 98.9 cm³/mol. The summed E-state index contributed by atoms with van der Waals surface area (Å²) in [5.41, 5.74) is 0.619. The van der Waals surface area contributed by atoms with Crippen LogP contribution in [0.3, 0.4) is 0 Å². The van der Waals surface area contributed by atoms with Gasteiger partial charge in [-0.15, -0.1) is 0 Å². The van der Waals surface area contributed by atoms with Crippen LogP contribution < -0.4 is 20.1 Å². The van der Waals surface area contributed by atoms with E-state index in [1.165, 1.54) is 0 Å². The molecule has 7 heteroatoms. The second-order valence-electron chi connectivity index (χ2n) is 5.89. The number of methoxy groups -OCH3 is 3. The number of aliphatic imine (C=N–C) groups is 1. The molecule has 25 heavy (non-hydrogen) atoms. The molecule has 2 rings (SSSR count). The van der Waals surface area contributed by atoms with Crippen molar-refractivity contribution in [1.82, 2.24) is 5.32 Å². The lowest BCUT2D eigenvalue weighted by molar-refractivity contribution is -0.0828. The zero-order valence-corrected chi connectivity index (χ0v) is 15.6. The summed E-state index contributed by atoms with van der Waals surface area (Å²) in [6, 6.07) is 5.67. The molecule has 0 bridgehead atoms. The predicted octanol–water partition coefficient (Wildman–Crippen LogP) is 2.28. The van der Waals surface area contributed by atoms with E-state index in [-0.39, 0.29) is 5.60 Å². The molecule has 140 valence electrons. The number of benzene rings is 1. The lowest BCUT2D eigenvalue weighted by atomic mass is 9.94. The molecule has 1 fully saturated rings. The van der Waals surface area contributed by atoms with Crippen LogP contribution in [0.15, 0.2) is 23.2 Å². The zero-order valence-electron chi connectivity index (χ0n) is 15.6. The third-order valence-corrected chi connectivity index (χ3v) is 4.35. The van der Waals surface area contributed by atoms with Crippen molar-refractivity contribution in [2.45, 2.75) is 25.4 Å². The Bertz CT molecular complexity index is 571. The summed E-state index contributed by atoms with van der Waals surface area (Å²) in [5, 5.41) is 6.56. The van der Waals surface area contributed by atoms with Crippen LogP contribution in [-0.4, -0.2) is 59.2 Å². The summed E-state index contributed by atoms with van der Waals surface area (Å²) in [4.78, 5) is 4.72. The highest BCUT2D eigenvalue weighted by Gasteiger charge is 2.32. The first kappa shape index (κ1) is 19.3. The lowest BCUT2D eigenvalue weighted by Crippen LogP contribution is -2.42. The fourth-order valence-corrected chi connectivity index (χ4v) is 2.75. The highest BCUT2D eigenvalue weighted by molar-refractivity contribution is 5.94. The van der Waals surface area contributed by atoms with Gasteiger partial charge in [0.1, 0.15) is 0 Å². The smallest absolute Gasteiger partial charge is 0.195 e. The summed E-state index contributed by atoms with van der Waals surface area (Å²) in [7, 11) is 4.98. The number of guanidine groups is 1. The van der Waals surface area contributed by atoms with Crippen molar-refractivity contribution in [1.29, 1.82) is 0 Å². The molecular formula is C18H29N3O4. The van der Waals surface area contributed by atoms with Crippen LogP contribution in [0, 0.1) is 0 Å². The normalized spacial score (nSPS) is 17.0. The second kappa shape index (κ2) is 9.48. The average Bonchev–Trinajstić information content (AvgIpc) is 2.67. The minimum Gasteiger partial charge on any atom is -0.493 e. The maximum atomic E-state index is 5.75. The van der Waals surface area contributed by atoms with Gasteiger partial charge >= 0.3 is 0 Å². The van der Waals surface area contributed by atoms with E-state index in [0.29, 0.717) is 37.2 Å². The summed E-state index contributed by atoms with van der Waals surface area (Å²) in [5.74, 6) is 2.06. The molecule has 0 unspecified atom stereocenters. The van der Waals surface area contributed by atoms with Crippen molar-refractivity contribution in [3.8, 4) is 11.5 Å². The largest absolute Gasteiger partial charge is 0.493 e. The Labute approximate surface area is 149 Å². The first-order valence-electron chi connectivity index (χ1n) is 8.56. The van der Waals surface area contributed by atoms with E-state index in [2.05, 4.69) is 10.6 Å². The van der Waals surface area contributed by atoms with Crippen LogP contribution in [0.4, 0.5) is 5.69 Å². The molecule has 1 aromatic rings. The first-order chi connectivity index (χ1) is 12.2. The van der Waals surface area contributed by atoms with Crippen molar-refractivity contribution >= 4 is 11.6 Å². The molecule has 0 aliphatic carbocycles. The van der Waals surface area contributed by atoms with Gasteiger partial charge in [0, 0.05) is 51.5 Å². The molecule has 1 aliphatic heterocycles. The van der Waals surface area contributed by atoms with Crippen LogP contribution in [0.2, 0.25) is 0 Å². The average molecular weight is 351 g/mol. The second-order valence-corrected chi connectivity index (χ2v) is 5.89. The maximum Gasteiger partial charge on any atom is 0.195 e. The van der Waals surface area contributed by atoms with E-state index < -0.39 is 0 Å². The quantitative estimate of drug-likeness (QED) is 0.580. The Morgan fingerprint density at radius 3 is 2.48 bits per heavy atom. The van der Waals surface area contributed by atoms with Crippen molar-refractivity contribution in [3.05, 3.63) is 18.2 Å². The monoisotopic (exact) mass is 351 g/mol. The van der Waals surface area contributed by atoms with Gasteiger partial charge in [-0.3, -0.25) is 0 Å². The van der Waals surface area contributed by atoms with Gasteiger partial charge in [-0.2, -0.15) is 0 Å². The molecule has 0 amide bonds. The van der Waals surface area contributed by atoms with E-state index in [9.17, 15) is 0 Å². The van der Waals surface area contributed by atoms with Gasteiger partial charge in [-0.1, -0.05) is 0 Å². The van der Waals surface area contributed by atoms with Gasteiger partial charge in [-0.05, 0) is 19.1 Å². The van der Waals surface area contributed by atoms with E-state index >= 15 is 0 Å². The molecule has 0 atom stereocenters. The highest BCUT2D eigenvalue weighted by Crippen LogP contribution is 2.30. The van der Waals surface area contributed by atoms with E-state index in [0.717, 1.165) is 25.1 Å². The Morgan fingerprint density at radius 2 is 1.88 bits per heavy atom. The Balaban J connectivity index is 2.11. The van der Waals surface area contributed by atoms with E-state index in [4.69, 9.17) is 23.9 Å². The third kappa shape index (κ3) is 5.24. The molecule has 2 N–H and O–H groups in total. The molecule has 0 aromatic heterocycles. The van der Waals surface area contributed by atoms with Gasteiger partial charge in [0.25, 0.3) is 0 Å². The van der Waals surface area contributed by atoms with Crippen LogP contribution in [0.1, 0.15) is 19.8 Å². The summed E-state index contributed by atoms with van der Waals surface area (Å²) < 4.78 is 21.8. The number of anilines is 1. The molecule has 1 aliphatic rings. The van der Waals surface area contributed by atoms with Gasteiger partial charge in [-0.25, -0.2) is 4.99 Å². The van der Waals surface area contributed by atoms with Gasteiger partial charge in [0.15, 0.2) is 17.5 Å². The van der Waals surface area contributed by atoms with Crippen LogP contribution >= 0.6 is 0 Å². The van der Waals surface area contributed by atoms with Crippen molar-refractivity contribution in [3.63, 3.8) is 0 Å². The molecule has 7 nitrogen and oxygen atoms in total. The van der Waals surface area contributed by atoms with Crippen molar-refractivity contribution < 1.29 is 18.9 Å². The Kier molecular flexibility index (Phi) is 7.33. The standard InChI is InChI=1S/C18H29N3O4/c1-5-19-17(20-13-18(24-4)8-10-25-11-9-18)21-14-6-7-15(22-2)16(12-14)23-3/h6-7,12H,5,8-11,13H2,1-4H3,(H2,19,20,21). The van der Waals surface area contributed by atoms with Crippen LogP contribution in [-0.2, 0) is 9.47 Å². The lowest BCUT2D eigenvalue weighted by Gasteiger charge is -2.34. The SMILES string of the molecule is CCNC(=NCC1(OC)CCOCC1)Nc1ccc(OC)c(OC)c1. The minimum atomic E-state index is -0.252. The van der Waals surface area contributed by atoms with E-state index in [1.807, 2.05) is 25.1 Å². The fraction of sp³-hybridized carbons (Fsp3) is 0.611. The van der Waals surface area contributed by atoms with E-state index in [1.54, 1.807) is 21.3 Å². The number of rotatable bonds is 7. The molecule has 1 aromatic carbocycles. The topological polar surface area (TPSA) is 73.3 Å².